The van der Waals surface area contributed by atoms with Crippen LogP contribution >= 0.6 is 11.8 Å². The molecule has 0 spiro atoms. The first-order chi connectivity index (χ1) is 12.9. The van der Waals surface area contributed by atoms with Gasteiger partial charge in [0.1, 0.15) is 11.0 Å². The minimum atomic E-state index is -1.32. The second kappa shape index (κ2) is 8.68. The third-order valence-corrected chi connectivity index (χ3v) is 5.26. The fourth-order valence-electron chi connectivity index (χ4n) is 2.85. The molecule has 0 fully saturated rings. The summed E-state index contributed by atoms with van der Waals surface area (Å²) in [5.41, 5.74) is -1.16. The van der Waals surface area contributed by atoms with Crippen molar-refractivity contribution >= 4 is 29.3 Å². The highest BCUT2D eigenvalue weighted by Gasteiger charge is 2.39. The van der Waals surface area contributed by atoms with Gasteiger partial charge in [0.05, 0.1) is 4.92 Å². The molecule has 0 saturated heterocycles. The number of hydrogen-bond donors (Lipinski definition) is 2. The highest BCUT2D eigenvalue weighted by molar-refractivity contribution is 7.98. The number of nitrogens with zero attached hydrogens (tertiary/aromatic N) is 1. The average Bonchev–Trinajstić information content (AvgIpc) is 2.68. The third kappa shape index (κ3) is 4.28. The van der Waals surface area contributed by atoms with Crippen LogP contribution in [-0.4, -0.2) is 34.7 Å². The Hall–Kier alpha value is -2.87. The summed E-state index contributed by atoms with van der Waals surface area (Å²) in [4.78, 5) is 36.0. The lowest BCUT2D eigenvalue weighted by molar-refractivity contribution is -0.385. The van der Waals surface area contributed by atoms with Crippen molar-refractivity contribution in [3.05, 3.63) is 69.8 Å². The number of amides is 1. The topological polar surface area (TPSA) is 110 Å². The molecule has 1 amide bonds. The summed E-state index contributed by atoms with van der Waals surface area (Å²) in [7, 11) is 0. The van der Waals surface area contributed by atoms with E-state index in [1.165, 1.54) is 23.9 Å². The van der Waals surface area contributed by atoms with E-state index in [1.54, 1.807) is 49.6 Å². The normalized spacial score (nSPS) is 12.8. The standard InChI is InChI=1S/C19H20N2O5S/c1-3-19(18(23)24,13-7-5-4-6-8-13)12-20-17(22)15-11-14(27-2)9-10-16(15)21(25)26/h4-11H,3,12H2,1-2H3,(H,20,22)(H,23,24). The molecule has 0 aliphatic rings. The number of carbonyl (C=O) groups is 2. The molecule has 1 unspecified atom stereocenters. The van der Waals surface area contributed by atoms with Crippen molar-refractivity contribution < 1.29 is 19.6 Å². The van der Waals surface area contributed by atoms with Crippen molar-refractivity contribution in [3.63, 3.8) is 0 Å². The molecule has 0 aliphatic heterocycles. The van der Waals surface area contributed by atoms with E-state index in [1.807, 2.05) is 0 Å². The van der Waals surface area contributed by atoms with Crippen molar-refractivity contribution in [1.82, 2.24) is 5.32 Å². The van der Waals surface area contributed by atoms with E-state index < -0.39 is 22.2 Å². The Bertz CT molecular complexity index is 856. The van der Waals surface area contributed by atoms with Crippen LogP contribution in [0.15, 0.2) is 53.4 Å². The molecule has 7 nitrogen and oxygen atoms in total. The molecule has 2 rings (SSSR count). The predicted octanol–water partition coefficient (Wildman–Crippen LogP) is 3.48. The highest BCUT2D eigenvalue weighted by atomic mass is 32.2. The molecular weight excluding hydrogens is 368 g/mol. The summed E-state index contributed by atoms with van der Waals surface area (Å²) in [6.07, 6.45) is 2.05. The molecule has 0 aliphatic carbocycles. The zero-order valence-electron chi connectivity index (χ0n) is 15.0. The minimum Gasteiger partial charge on any atom is -0.481 e. The first-order valence-corrected chi connectivity index (χ1v) is 9.47. The molecule has 0 aromatic heterocycles. The maximum Gasteiger partial charge on any atom is 0.315 e. The van der Waals surface area contributed by atoms with E-state index in [0.29, 0.717) is 10.5 Å². The van der Waals surface area contributed by atoms with Crippen LogP contribution in [-0.2, 0) is 10.2 Å². The van der Waals surface area contributed by atoms with Crippen LogP contribution in [0.25, 0.3) is 0 Å². The molecule has 142 valence electrons. The van der Waals surface area contributed by atoms with E-state index in [9.17, 15) is 24.8 Å². The van der Waals surface area contributed by atoms with Gasteiger partial charge < -0.3 is 10.4 Å². The molecule has 2 aromatic rings. The quantitative estimate of drug-likeness (QED) is 0.407. The Labute approximate surface area is 160 Å². The molecular formula is C19H20N2O5S. The Balaban J connectivity index is 2.34. The first kappa shape index (κ1) is 20.4. The van der Waals surface area contributed by atoms with Gasteiger partial charge in [0.2, 0.25) is 0 Å². The number of aliphatic carboxylic acids is 1. The van der Waals surface area contributed by atoms with Crippen molar-refractivity contribution in [2.45, 2.75) is 23.7 Å². The van der Waals surface area contributed by atoms with Gasteiger partial charge in [-0.05, 0) is 30.4 Å². The third-order valence-electron chi connectivity index (χ3n) is 4.54. The van der Waals surface area contributed by atoms with Crippen LogP contribution in [0.1, 0.15) is 29.3 Å². The van der Waals surface area contributed by atoms with Crippen LogP contribution < -0.4 is 5.32 Å². The van der Waals surface area contributed by atoms with Crippen LogP contribution in [0.4, 0.5) is 5.69 Å². The van der Waals surface area contributed by atoms with E-state index in [0.717, 1.165) is 0 Å². The van der Waals surface area contributed by atoms with Crippen LogP contribution in [0, 0.1) is 10.1 Å². The maximum absolute atomic E-state index is 12.6. The average molecular weight is 388 g/mol. The number of carboxylic acid groups (broad SMARTS) is 1. The van der Waals surface area contributed by atoms with Gasteiger partial charge >= 0.3 is 5.97 Å². The summed E-state index contributed by atoms with van der Waals surface area (Å²) in [6, 6.07) is 12.9. The highest BCUT2D eigenvalue weighted by Crippen LogP contribution is 2.29. The lowest BCUT2D eigenvalue weighted by atomic mass is 9.78. The second-order valence-corrected chi connectivity index (χ2v) is 6.81. The van der Waals surface area contributed by atoms with E-state index in [-0.39, 0.29) is 24.2 Å². The smallest absolute Gasteiger partial charge is 0.315 e. The van der Waals surface area contributed by atoms with E-state index in [2.05, 4.69) is 5.32 Å². The fourth-order valence-corrected chi connectivity index (χ4v) is 3.29. The van der Waals surface area contributed by atoms with Gasteiger partial charge in [0.15, 0.2) is 0 Å². The van der Waals surface area contributed by atoms with Gasteiger partial charge in [-0.15, -0.1) is 11.8 Å². The number of nitro benzene ring substituents is 1. The second-order valence-electron chi connectivity index (χ2n) is 5.93. The van der Waals surface area contributed by atoms with Gasteiger partial charge in [-0.2, -0.15) is 0 Å². The SMILES string of the molecule is CCC(CNC(=O)c1cc(SC)ccc1[N+](=O)[O-])(C(=O)O)c1ccccc1. The van der Waals surface area contributed by atoms with Gasteiger partial charge in [-0.25, -0.2) is 0 Å². The molecule has 2 N–H and O–H groups in total. The van der Waals surface area contributed by atoms with Crippen molar-refractivity contribution in [1.29, 1.82) is 0 Å². The summed E-state index contributed by atoms with van der Waals surface area (Å²) < 4.78 is 0. The minimum absolute atomic E-state index is 0.0877. The van der Waals surface area contributed by atoms with Crippen molar-refractivity contribution in [2.24, 2.45) is 0 Å². The Morgan fingerprint density at radius 3 is 2.41 bits per heavy atom. The Morgan fingerprint density at radius 2 is 1.89 bits per heavy atom. The summed E-state index contributed by atoms with van der Waals surface area (Å²) in [5.74, 6) is -1.74. The number of rotatable bonds is 8. The predicted molar refractivity (Wildman–Crippen MR) is 103 cm³/mol. The lowest BCUT2D eigenvalue weighted by Crippen LogP contribution is -2.46. The van der Waals surface area contributed by atoms with Gasteiger partial charge in [-0.1, -0.05) is 37.3 Å². The molecule has 0 radical (unpaired) electrons. The largest absolute Gasteiger partial charge is 0.481 e. The molecule has 2 aromatic carbocycles. The Kier molecular flexibility index (Phi) is 6.57. The zero-order valence-corrected chi connectivity index (χ0v) is 15.8. The lowest BCUT2D eigenvalue weighted by Gasteiger charge is -2.29. The Morgan fingerprint density at radius 1 is 1.22 bits per heavy atom. The molecule has 1 atom stereocenters. The number of benzene rings is 2. The number of carboxylic acids is 1. The van der Waals surface area contributed by atoms with Crippen LogP contribution in [0.2, 0.25) is 0 Å². The fraction of sp³-hybridized carbons (Fsp3) is 0.263. The molecule has 0 heterocycles. The number of nitrogens with one attached hydrogen (secondary N) is 1. The zero-order chi connectivity index (χ0) is 20.0. The molecule has 27 heavy (non-hydrogen) atoms. The van der Waals surface area contributed by atoms with E-state index >= 15 is 0 Å². The molecule has 0 bridgehead atoms. The number of nitro groups is 1. The maximum atomic E-state index is 12.6. The number of hydrogen-bond acceptors (Lipinski definition) is 5. The van der Waals surface area contributed by atoms with Crippen LogP contribution in [0.5, 0.6) is 0 Å². The van der Waals surface area contributed by atoms with Crippen molar-refractivity contribution in [2.75, 3.05) is 12.8 Å². The summed E-state index contributed by atoms with van der Waals surface area (Å²) in [5, 5.41) is 23.6. The van der Waals surface area contributed by atoms with Gasteiger partial charge in [0, 0.05) is 17.5 Å². The number of thioether (sulfide) groups is 1. The van der Waals surface area contributed by atoms with Gasteiger partial charge in [-0.3, -0.25) is 19.7 Å². The molecule has 0 saturated carbocycles. The van der Waals surface area contributed by atoms with Crippen molar-refractivity contribution in [3.8, 4) is 0 Å². The molecule has 8 heteroatoms. The van der Waals surface area contributed by atoms with Crippen LogP contribution in [0.3, 0.4) is 0 Å². The van der Waals surface area contributed by atoms with E-state index in [4.69, 9.17) is 0 Å². The monoisotopic (exact) mass is 388 g/mol. The summed E-state index contributed by atoms with van der Waals surface area (Å²) in [6.45, 7) is 1.55. The number of carbonyl (C=O) groups excluding carboxylic acids is 1. The van der Waals surface area contributed by atoms with Gasteiger partial charge in [0.25, 0.3) is 11.6 Å². The first-order valence-electron chi connectivity index (χ1n) is 8.25. The summed E-state index contributed by atoms with van der Waals surface area (Å²) >= 11 is 1.35.